The zero-order valence-electron chi connectivity index (χ0n) is 75.1. The number of rotatable bonds is 78. The van der Waals surface area contributed by atoms with Crippen LogP contribution in [0.25, 0.3) is 0 Å². The molecule has 0 radical (unpaired) electrons. The number of esters is 2. The Labute approximate surface area is 717 Å². The third-order valence-corrected chi connectivity index (χ3v) is 26.0. The molecule has 0 aliphatic heterocycles. The Balaban J connectivity index is 0.00000178. The summed E-state index contributed by atoms with van der Waals surface area (Å²) in [5.41, 5.74) is 0. The van der Waals surface area contributed by atoms with Crippen molar-refractivity contribution in [2.75, 3.05) is 47.0 Å². The van der Waals surface area contributed by atoms with E-state index in [1.54, 1.807) is 20.5 Å². The molecule has 4 atom stereocenters. The van der Waals surface area contributed by atoms with Gasteiger partial charge in [0.25, 0.3) is 0 Å². The van der Waals surface area contributed by atoms with E-state index in [1.165, 1.54) is 266 Å². The molecule has 0 saturated heterocycles. The highest BCUT2D eigenvalue weighted by atomic mass is 79.9. The summed E-state index contributed by atoms with van der Waals surface area (Å²) in [5, 5.41) is 9.97. The number of hydrogen-bond acceptors (Lipinski definition) is 11. The fourth-order valence-corrected chi connectivity index (χ4v) is 18.6. The number of ether oxygens (including phenoxy) is 6. The zero-order chi connectivity index (χ0) is 82.8. The molecule has 3 aromatic carbocycles. The summed E-state index contributed by atoms with van der Waals surface area (Å²) in [6.07, 6.45) is 71.4. The number of carbonyl (C=O) groups excluding carboxylic acids is 5. The molecule has 2 amide bonds. The number of amides is 2. The molecule has 0 aromatic heterocycles. The molecule has 0 spiro atoms. The van der Waals surface area contributed by atoms with Crippen LogP contribution in [0, 0.1) is 0 Å². The molecular formula is C100H174BrN2O11P. The van der Waals surface area contributed by atoms with Crippen molar-refractivity contribution in [3.63, 3.8) is 0 Å². The average Bonchev–Trinajstić information content (AvgIpc) is 0.760. The molecule has 13 nitrogen and oxygen atoms in total. The van der Waals surface area contributed by atoms with Crippen molar-refractivity contribution in [2.45, 2.75) is 438 Å². The van der Waals surface area contributed by atoms with Crippen LogP contribution in [-0.2, 0) is 52.4 Å². The van der Waals surface area contributed by atoms with Crippen LogP contribution in [0.3, 0.4) is 0 Å². The first-order valence-electron chi connectivity index (χ1n) is 47.3. The predicted octanol–water partition coefficient (Wildman–Crippen LogP) is 23.5. The van der Waals surface area contributed by atoms with Gasteiger partial charge in [-0.1, -0.05) is 379 Å². The first kappa shape index (κ1) is 111. The summed E-state index contributed by atoms with van der Waals surface area (Å²) >= 11 is 0. The summed E-state index contributed by atoms with van der Waals surface area (Å²) in [5.74, 6) is -0.188. The third-order valence-electron chi connectivity index (χ3n) is 21.8. The van der Waals surface area contributed by atoms with Gasteiger partial charge in [0.1, 0.15) is 47.7 Å². The SMILES string of the molecule is CCCCCCCCCCCCCC(=O)N[C@@H](/C=C/OC)COCC[C@@H](CCCCCCC)OC(=O)CCCCCCCCCCC.CCCCCCCCCCCCCC(=O)N[C@@H](C=O)COCC[C@@H](CCCCCCC)OC(=O)CCCCCCCCCCC.COC[P+](c1ccccc1)(c1ccccc1)c1ccccc1.[Br-]. The van der Waals surface area contributed by atoms with Crippen LogP contribution < -0.4 is 43.5 Å². The van der Waals surface area contributed by atoms with E-state index in [1.807, 2.05) is 6.08 Å². The summed E-state index contributed by atoms with van der Waals surface area (Å²) < 4.78 is 34.4. The lowest BCUT2D eigenvalue weighted by atomic mass is 10.1. The van der Waals surface area contributed by atoms with Crippen molar-refractivity contribution in [1.29, 1.82) is 0 Å². The van der Waals surface area contributed by atoms with Gasteiger partial charge in [0, 0.05) is 45.6 Å². The second-order valence-corrected chi connectivity index (χ2v) is 35.8. The molecule has 0 unspecified atom stereocenters. The number of unbranched alkanes of at least 4 members (excludes halogenated alkanes) is 44. The largest absolute Gasteiger partial charge is 1.00 e. The molecule has 3 aromatic rings. The number of aldehydes is 1. The molecule has 0 aliphatic carbocycles. The first-order valence-corrected chi connectivity index (χ1v) is 49.3. The van der Waals surface area contributed by atoms with Gasteiger partial charge in [-0.2, -0.15) is 0 Å². The Bertz CT molecular complexity index is 2520. The first-order chi connectivity index (χ1) is 56.0. The van der Waals surface area contributed by atoms with Crippen molar-refractivity contribution >= 4 is 53.2 Å². The molecule has 15 heteroatoms. The van der Waals surface area contributed by atoms with E-state index < -0.39 is 13.3 Å². The highest BCUT2D eigenvalue weighted by Crippen LogP contribution is 2.55. The maximum atomic E-state index is 12.7. The van der Waals surface area contributed by atoms with Gasteiger partial charge in [0.2, 0.25) is 11.8 Å². The Kier molecular flexibility index (Phi) is 81.3. The Morgan fingerprint density at radius 3 is 0.878 bits per heavy atom. The lowest BCUT2D eigenvalue weighted by molar-refractivity contribution is -0.151. The standard InChI is InChI=1S/C41H79NO5.C39H75NO5.C20H20OP.BrH/c1-5-8-11-14-16-18-19-21-22-25-28-31-40(43)42-38(33-35-45-4)37-46-36-34-39(30-27-24-13-10-7-3)47-41(44)32-29-26-23-20-17-15-12-9-6-2;1-4-7-10-13-15-17-18-20-21-24-27-30-38(42)40-36(34-41)35-44-33-32-37(29-26-23-12-9-6-3)45-39(43)31-28-25-22-19-16-14-11-8-5-2;1-21-17-22(18-11-5-2-6-12-18,19-13-7-3-8-14-19)20-15-9-4-10-16-20;/h33,35,38-39H,5-32,34,36-37H2,1-4H3,(H,42,43);34,36-37H,4-33,35H2,1-3H3,(H,40,42);2-16H,17H2,1H3;1H/q;;+1;/p-1/b35-33+;;;/t38-,39+;36-,37+;;/m00../s1. The van der Waals surface area contributed by atoms with Crippen molar-refractivity contribution in [3.05, 3.63) is 103 Å². The number of hydrogen-bond donors (Lipinski definition) is 2. The molecule has 115 heavy (non-hydrogen) atoms. The number of nitrogens with one attached hydrogen (secondary N) is 2. The fourth-order valence-electron chi connectivity index (χ4n) is 14.8. The predicted molar refractivity (Wildman–Crippen MR) is 486 cm³/mol. The van der Waals surface area contributed by atoms with Crippen LogP contribution in [0.1, 0.15) is 414 Å². The van der Waals surface area contributed by atoms with Gasteiger partial charge in [-0.3, -0.25) is 19.2 Å². The van der Waals surface area contributed by atoms with Crippen LogP contribution in [0.2, 0.25) is 0 Å². The minimum absolute atomic E-state index is 0. The minimum atomic E-state index is -1.78. The van der Waals surface area contributed by atoms with Crippen molar-refractivity contribution in [3.8, 4) is 0 Å². The Morgan fingerprint density at radius 1 is 0.339 bits per heavy atom. The quantitative estimate of drug-likeness (QED) is 0.0182. The molecule has 3 rings (SSSR count). The van der Waals surface area contributed by atoms with Gasteiger partial charge < -0.3 is 60.8 Å². The second kappa shape index (κ2) is 84.6. The number of methoxy groups -OCH3 is 2. The molecule has 0 saturated carbocycles. The number of carbonyl (C=O) groups is 5. The Morgan fingerprint density at radius 2 is 0.600 bits per heavy atom. The Hall–Kier alpha value is -4.46. The summed E-state index contributed by atoms with van der Waals surface area (Å²) in [7, 11) is 1.63. The van der Waals surface area contributed by atoms with Crippen molar-refractivity contribution in [1.82, 2.24) is 10.6 Å². The normalized spacial score (nSPS) is 12.3. The van der Waals surface area contributed by atoms with E-state index >= 15 is 0 Å². The van der Waals surface area contributed by atoms with E-state index in [0.29, 0.717) is 64.7 Å². The van der Waals surface area contributed by atoms with Crippen LogP contribution in [0.4, 0.5) is 0 Å². The van der Waals surface area contributed by atoms with Crippen LogP contribution in [0.15, 0.2) is 103 Å². The van der Waals surface area contributed by atoms with Crippen molar-refractivity contribution in [2.24, 2.45) is 0 Å². The van der Waals surface area contributed by atoms with Gasteiger partial charge in [0.15, 0.2) is 6.35 Å². The van der Waals surface area contributed by atoms with Gasteiger partial charge in [-0.05, 0) is 93.8 Å². The molecule has 0 bridgehead atoms. The van der Waals surface area contributed by atoms with Crippen molar-refractivity contribution < 1.29 is 69.4 Å². The molecule has 662 valence electrons. The molecule has 0 aliphatic rings. The van der Waals surface area contributed by atoms with Gasteiger partial charge in [-0.15, -0.1) is 0 Å². The summed E-state index contributed by atoms with van der Waals surface area (Å²) in [6.45, 7) is 14.9. The molecule has 0 heterocycles. The molecule has 0 fully saturated rings. The van der Waals surface area contributed by atoms with E-state index in [0.717, 1.165) is 89.8 Å². The van der Waals surface area contributed by atoms with E-state index in [9.17, 15) is 24.0 Å². The smallest absolute Gasteiger partial charge is 0.306 e. The highest BCUT2D eigenvalue weighted by molar-refractivity contribution is 7.95. The monoisotopic (exact) mass is 1690 g/mol. The molecular weight excluding hydrogens is 1520 g/mol. The summed E-state index contributed by atoms with van der Waals surface area (Å²) in [6, 6.07) is 31.4. The fraction of sp³-hybridized carbons (Fsp3) is 0.750. The minimum Gasteiger partial charge on any atom is -1.00 e. The molecule has 2 N–H and O–H groups in total. The second-order valence-electron chi connectivity index (χ2n) is 32.4. The lowest BCUT2D eigenvalue weighted by Crippen LogP contribution is -3.00. The van der Waals surface area contributed by atoms with Gasteiger partial charge in [0.05, 0.1) is 45.8 Å². The van der Waals surface area contributed by atoms with Crippen LogP contribution in [0.5, 0.6) is 0 Å². The summed E-state index contributed by atoms with van der Waals surface area (Å²) in [4.78, 5) is 61.8. The maximum absolute atomic E-state index is 12.7. The highest BCUT2D eigenvalue weighted by Gasteiger charge is 2.45. The number of halogens is 1. The van der Waals surface area contributed by atoms with E-state index in [-0.39, 0.29) is 65.6 Å². The maximum Gasteiger partial charge on any atom is 0.306 e. The van der Waals surface area contributed by atoms with Crippen LogP contribution >= 0.6 is 7.26 Å². The van der Waals surface area contributed by atoms with Gasteiger partial charge in [-0.25, -0.2) is 0 Å². The lowest BCUT2D eigenvalue weighted by Gasteiger charge is -2.26. The third kappa shape index (κ3) is 65.1. The topological polar surface area (TPSA) is 165 Å². The van der Waals surface area contributed by atoms with E-state index in [4.69, 9.17) is 28.4 Å². The van der Waals surface area contributed by atoms with E-state index in [2.05, 4.69) is 143 Å². The number of benzene rings is 3. The van der Waals surface area contributed by atoms with Crippen LogP contribution in [-0.4, -0.2) is 101 Å². The van der Waals surface area contributed by atoms with Gasteiger partial charge >= 0.3 is 11.9 Å². The average molecular weight is 1690 g/mol. The zero-order valence-corrected chi connectivity index (χ0v) is 77.5.